The minimum absolute atomic E-state index is 0.345. The van der Waals surface area contributed by atoms with Crippen molar-refractivity contribution in [2.45, 2.75) is 32.1 Å². The second-order valence-electron chi connectivity index (χ2n) is 5.61. The molecule has 2 aliphatic heterocycles. The molecule has 4 rings (SSSR count). The second kappa shape index (κ2) is 3.71. The number of piperidine rings is 1. The molecule has 0 aromatic heterocycles. The van der Waals surface area contributed by atoms with Gasteiger partial charge in [0.1, 0.15) is 0 Å². The van der Waals surface area contributed by atoms with Gasteiger partial charge < -0.3 is 4.90 Å². The summed E-state index contributed by atoms with van der Waals surface area (Å²) in [5.74, 6) is 0.936. The van der Waals surface area contributed by atoms with Gasteiger partial charge in [-0.15, -0.1) is 0 Å². The van der Waals surface area contributed by atoms with E-state index in [0.29, 0.717) is 11.8 Å². The summed E-state index contributed by atoms with van der Waals surface area (Å²) in [6.45, 7) is 0.941. The molecular weight excluding hydrogens is 222 g/mol. The lowest BCUT2D eigenvalue weighted by Crippen LogP contribution is -2.43. The number of allylic oxidation sites excluding steroid dienone is 2. The van der Waals surface area contributed by atoms with Crippen molar-refractivity contribution < 1.29 is 4.79 Å². The van der Waals surface area contributed by atoms with Crippen molar-refractivity contribution in [1.82, 2.24) is 4.90 Å². The lowest BCUT2D eigenvalue weighted by Gasteiger charge is -2.43. The van der Waals surface area contributed by atoms with Crippen LogP contribution < -0.4 is 0 Å². The largest absolute Gasteiger partial charge is 0.316 e. The Bertz CT molecular complexity index is 558. The SMILES string of the molecule is O=C1CCC2Cc3ccccc3C3=C2N1CCC3. The van der Waals surface area contributed by atoms with Gasteiger partial charge >= 0.3 is 0 Å². The Morgan fingerprint density at radius 2 is 2.06 bits per heavy atom. The molecule has 0 spiro atoms. The molecular formula is C16H17NO. The summed E-state index contributed by atoms with van der Waals surface area (Å²) < 4.78 is 0. The van der Waals surface area contributed by atoms with Gasteiger partial charge in [-0.1, -0.05) is 24.3 Å². The molecule has 1 aromatic rings. The number of fused-ring (bicyclic) bond motifs is 2. The predicted molar refractivity (Wildman–Crippen MR) is 70.7 cm³/mol. The van der Waals surface area contributed by atoms with Gasteiger partial charge in [0.05, 0.1) is 0 Å². The number of hydrogen-bond acceptors (Lipinski definition) is 1. The number of carbonyl (C=O) groups is 1. The molecule has 1 fully saturated rings. The quantitative estimate of drug-likeness (QED) is 0.681. The lowest BCUT2D eigenvalue weighted by molar-refractivity contribution is -0.132. The van der Waals surface area contributed by atoms with Crippen molar-refractivity contribution in [1.29, 1.82) is 0 Å². The van der Waals surface area contributed by atoms with Crippen LogP contribution in [0.25, 0.3) is 5.57 Å². The minimum atomic E-state index is 0.345. The fraction of sp³-hybridized carbons (Fsp3) is 0.438. The number of amides is 1. The first kappa shape index (κ1) is 10.4. The van der Waals surface area contributed by atoms with Crippen LogP contribution >= 0.6 is 0 Å². The van der Waals surface area contributed by atoms with Crippen LogP contribution in [0.2, 0.25) is 0 Å². The van der Waals surface area contributed by atoms with Gasteiger partial charge in [0, 0.05) is 24.6 Å². The first-order chi connectivity index (χ1) is 8.84. The molecule has 2 nitrogen and oxygen atoms in total. The molecule has 0 radical (unpaired) electrons. The molecule has 0 N–H and O–H groups in total. The van der Waals surface area contributed by atoms with Crippen molar-refractivity contribution >= 4 is 11.5 Å². The molecule has 1 atom stereocenters. The smallest absolute Gasteiger partial charge is 0.226 e. The number of carbonyl (C=O) groups excluding carboxylic acids is 1. The Labute approximate surface area is 107 Å². The van der Waals surface area contributed by atoms with Crippen molar-refractivity contribution in [3.8, 4) is 0 Å². The Morgan fingerprint density at radius 1 is 1.17 bits per heavy atom. The summed E-state index contributed by atoms with van der Waals surface area (Å²) in [4.78, 5) is 14.1. The van der Waals surface area contributed by atoms with Crippen molar-refractivity contribution in [2.24, 2.45) is 5.92 Å². The summed E-state index contributed by atoms with van der Waals surface area (Å²) in [7, 11) is 0. The van der Waals surface area contributed by atoms with Crippen LogP contribution in [-0.2, 0) is 11.2 Å². The molecule has 1 amide bonds. The molecule has 2 heteroatoms. The van der Waals surface area contributed by atoms with Crippen LogP contribution in [0.15, 0.2) is 30.0 Å². The van der Waals surface area contributed by atoms with Crippen molar-refractivity contribution in [3.63, 3.8) is 0 Å². The third kappa shape index (κ3) is 1.32. The Kier molecular flexibility index (Phi) is 2.14. The summed E-state index contributed by atoms with van der Waals surface area (Å²) in [5, 5.41) is 0. The Morgan fingerprint density at radius 3 is 3.00 bits per heavy atom. The molecule has 3 aliphatic rings. The average molecular weight is 239 g/mol. The van der Waals surface area contributed by atoms with Crippen molar-refractivity contribution in [2.75, 3.05) is 6.54 Å². The van der Waals surface area contributed by atoms with Crippen LogP contribution in [-0.4, -0.2) is 17.4 Å². The Hall–Kier alpha value is -1.57. The summed E-state index contributed by atoms with van der Waals surface area (Å²) >= 11 is 0. The maximum Gasteiger partial charge on any atom is 0.226 e. The van der Waals surface area contributed by atoms with Gasteiger partial charge in [-0.3, -0.25) is 4.79 Å². The fourth-order valence-corrected chi connectivity index (χ4v) is 3.85. The third-order valence-corrected chi connectivity index (χ3v) is 4.61. The first-order valence-electron chi connectivity index (χ1n) is 6.96. The standard InChI is InChI=1S/C16H17NO/c18-15-8-7-12-10-11-4-1-2-5-13(11)14-6-3-9-17(15)16(12)14/h1-2,4-5,12H,3,6-10H2. The third-order valence-electron chi connectivity index (χ3n) is 4.61. The van der Waals surface area contributed by atoms with Gasteiger partial charge in [-0.2, -0.15) is 0 Å². The van der Waals surface area contributed by atoms with Gasteiger partial charge in [-0.05, 0) is 42.4 Å². The molecule has 92 valence electrons. The minimum Gasteiger partial charge on any atom is -0.316 e. The van der Waals surface area contributed by atoms with E-state index in [9.17, 15) is 4.79 Å². The van der Waals surface area contributed by atoms with E-state index in [1.54, 1.807) is 0 Å². The van der Waals surface area contributed by atoms with E-state index < -0.39 is 0 Å². The van der Waals surface area contributed by atoms with E-state index in [2.05, 4.69) is 29.2 Å². The monoisotopic (exact) mass is 239 g/mol. The van der Waals surface area contributed by atoms with Crippen LogP contribution in [0.4, 0.5) is 0 Å². The summed E-state index contributed by atoms with van der Waals surface area (Å²) in [5.41, 5.74) is 5.72. The molecule has 0 saturated carbocycles. The van der Waals surface area contributed by atoms with E-state index in [1.807, 2.05) is 0 Å². The zero-order chi connectivity index (χ0) is 12.1. The van der Waals surface area contributed by atoms with Crippen molar-refractivity contribution in [3.05, 3.63) is 41.1 Å². The van der Waals surface area contributed by atoms with Crippen LogP contribution in [0.3, 0.4) is 0 Å². The highest BCUT2D eigenvalue weighted by Crippen LogP contribution is 2.45. The van der Waals surface area contributed by atoms with Gasteiger partial charge in [0.2, 0.25) is 5.91 Å². The van der Waals surface area contributed by atoms with Gasteiger partial charge in [-0.25, -0.2) is 0 Å². The molecule has 1 unspecified atom stereocenters. The van der Waals surface area contributed by atoms with E-state index in [-0.39, 0.29) is 0 Å². The molecule has 1 saturated heterocycles. The second-order valence-corrected chi connectivity index (χ2v) is 5.61. The van der Waals surface area contributed by atoms with E-state index in [1.165, 1.54) is 22.4 Å². The Balaban J connectivity index is 1.93. The number of benzene rings is 1. The topological polar surface area (TPSA) is 20.3 Å². The number of nitrogens with zero attached hydrogens (tertiary/aromatic N) is 1. The zero-order valence-corrected chi connectivity index (χ0v) is 10.5. The fourth-order valence-electron chi connectivity index (χ4n) is 3.85. The maximum absolute atomic E-state index is 12.1. The van der Waals surface area contributed by atoms with Gasteiger partial charge in [0.15, 0.2) is 0 Å². The molecule has 0 bridgehead atoms. The highest BCUT2D eigenvalue weighted by Gasteiger charge is 2.38. The normalized spacial score (nSPS) is 25.9. The molecule has 1 aliphatic carbocycles. The highest BCUT2D eigenvalue weighted by atomic mass is 16.2. The summed E-state index contributed by atoms with van der Waals surface area (Å²) in [6, 6.07) is 8.75. The lowest BCUT2D eigenvalue weighted by atomic mass is 9.75. The van der Waals surface area contributed by atoms with E-state index in [0.717, 1.165) is 38.6 Å². The average Bonchev–Trinajstić information content (AvgIpc) is 2.43. The molecule has 18 heavy (non-hydrogen) atoms. The predicted octanol–water partition coefficient (Wildman–Crippen LogP) is 2.99. The zero-order valence-electron chi connectivity index (χ0n) is 10.5. The van der Waals surface area contributed by atoms with Crippen LogP contribution in [0, 0.1) is 5.92 Å². The van der Waals surface area contributed by atoms with E-state index >= 15 is 0 Å². The molecule has 2 heterocycles. The maximum atomic E-state index is 12.1. The highest BCUT2D eigenvalue weighted by molar-refractivity contribution is 5.85. The number of hydrogen-bond donors (Lipinski definition) is 0. The van der Waals surface area contributed by atoms with E-state index in [4.69, 9.17) is 0 Å². The van der Waals surface area contributed by atoms with Crippen LogP contribution in [0.5, 0.6) is 0 Å². The van der Waals surface area contributed by atoms with Gasteiger partial charge in [0.25, 0.3) is 0 Å². The summed E-state index contributed by atoms with van der Waals surface area (Å²) in [6.07, 6.45) is 5.17. The van der Waals surface area contributed by atoms with Crippen LogP contribution in [0.1, 0.15) is 36.8 Å². The number of rotatable bonds is 0. The molecule has 1 aromatic carbocycles. The first-order valence-corrected chi connectivity index (χ1v) is 6.96.